The van der Waals surface area contributed by atoms with Gasteiger partial charge in [0.15, 0.2) is 5.03 Å². The summed E-state index contributed by atoms with van der Waals surface area (Å²) in [6.07, 6.45) is 2.99. The Balaban J connectivity index is 1.89. The van der Waals surface area contributed by atoms with Crippen LogP contribution in [0.2, 0.25) is 0 Å². The SMILES string of the molecule is Cc1nccc(-c2cccc(NN=C(C#N)S(=O)(=O)c3ccccn3)c2)n1. The van der Waals surface area contributed by atoms with Crippen LogP contribution in [0.5, 0.6) is 0 Å². The summed E-state index contributed by atoms with van der Waals surface area (Å²) >= 11 is 0. The highest BCUT2D eigenvalue weighted by atomic mass is 32.2. The van der Waals surface area contributed by atoms with Crippen LogP contribution < -0.4 is 5.43 Å². The Kier molecular flexibility index (Phi) is 5.19. The van der Waals surface area contributed by atoms with Gasteiger partial charge in [-0.15, -0.1) is 0 Å². The van der Waals surface area contributed by atoms with Crippen LogP contribution in [0, 0.1) is 18.3 Å². The van der Waals surface area contributed by atoms with Gasteiger partial charge < -0.3 is 0 Å². The lowest BCUT2D eigenvalue weighted by Gasteiger charge is -2.06. The highest BCUT2D eigenvalue weighted by molar-refractivity contribution is 8.07. The smallest absolute Gasteiger partial charge is 0.258 e. The topological polar surface area (TPSA) is 121 Å². The molecule has 0 bridgehead atoms. The van der Waals surface area contributed by atoms with Gasteiger partial charge in [-0.05, 0) is 37.3 Å². The number of hydrazone groups is 1. The number of anilines is 1. The number of hydrogen-bond donors (Lipinski definition) is 1. The van der Waals surface area contributed by atoms with Gasteiger partial charge in [-0.25, -0.2) is 23.4 Å². The maximum atomic E-state index is 12.4. The summed E-state index contributed by atoms with van der Waals surface area (Å²) in [6.45, 7) is 1.79. The molecule has 0 spiro atoms. The van der Waals surface area contributed by atoms with E-state index in [1.54, 1.807) is 49.5 Å². The predicted octanol–water partition coefficient (Wildman–Crippen LogP) is 2.57. The zero-order chi connectivity index (χ0) is 19.3. The summed E-state index contributed by atoms with van der Waals surface area (Å²) in [5, 5.41) is 12.1. The molecule has 1 aromatic carbocycles. The molecule has 3 aromatic rings. The van der Waals surface area contributed by atoms with Crippen molar-refractivity contribution in [2.45, 2.75) is 11.9 Å². The van der Waals surface area contributed by atoms with E-state index in [1.165, 1.54) is 18.3 Å². The van der Waals surface area contributed by atoms with Crippen molar-refractivity contribution in [1.29, 1.82) is 5.26 Å². The fraction of sp³-hybridized carbons (Fsp3) is 0.0556. The number of aryl methyl sites for hydroxylation is 1. The van der Waals surface area contributed by atoms with E-state index in [1.807, 2.05) is 6.07 Å². The second kappa shape index (κ2) is 7.72. The number of nitriles is 1. The van der Waals surface area contributed by atoms with E-state index in [9.17, 15) is 13.7 Å². The van der Waals surface area contributed by atoms with Crippen LogP contribution in [0.3, 0.4) is 0 Å². The minimum Gasteiger partial charge on any atom is -0.276 e. The Labute approximate surface area is 156 Å². The highest BCUT2D eigenvalue weighted by Gasteiger charge is 2.24. The Morgan fingerprint density at radius 1 is 1.11 bits per heavy atom. The van der Waals surface area contributed by atoms with Crippen molar-refractivity contribution in [3.63, 3.8) is 0 Å². The molecule has 1 N–H and O–H groups in total. The number of hydrogen-bond acceptors (Lipinski definition) is 8. The van der Waals surface area contributed by atoms with E-state index in [0.29, 0.717) is 11.5 Å². The van der Waals surface area contributed by atoms with Crippen molar-refractivity contribution in [2.24, 2.45) is 5.10 Å². The fourth-order valence-electron chi connectivity index (χ4n) is 2.23. The molecule has 0 saturated carbocycles. The molecular formula is C18H14N6O2S. The number of pyridine rings is 1. The Bertz CT molecular complexity index is 1140. The molecule has 0 fully saturated rings. The first-order valence-corrected chi connectivity index (χ1v) is 9.29. The fourth-order valence-corrected chi connectivity index (χ4v) is 3.17. The van der Waals surface area contributed by atoms with Gasteiger partial charge in [0, 0.05) is 18.0 Å². The lowest BCUT2D eigenvalue weighted by molar-refractivity contribution is 0.604. The summed E-state index contributed by atoms with van der Waals surface area (Å²) in [6, 6.07) is 14.8. The summed E-state index contributed by atoms with van der Waals surface area (Å²) in [4.78, 5) is 12.2. The molecule has 0 atom stereocenters. The number of rotatable bonds is 4. The molecule has 9 heteroatoms. The van der Waals surface area contributed by atoms with E-state index in [4.69, 9.17) is 0 Å². The lowest BCUT2D eigenvalue weighted by Crippen LogP contribution is -2.16. The van der Waals surface area contributed by atoms with Crippen molar-refractivity contribution in [3.8, 4) is 17.3 Å². The maximum Gasteiger partial charge on any atom is 0.258 e. The first-order chi connectivity index (χ1) is 13.0. The largest absolute Gasteiger partial charge is 0.276 e. The number of nitrogens with zero attached hydrogens (tertiary/aromatic N) is 5. The Hall–Kier alpha value is -3.64. The number of nitrogens with one attached hydrogen (secondary N) is 1. The average molecular weight is 378 g/mol. The van der Waals surface area contributed by atoms with Crippen LogP contribution >= 0.6 is 0 Å². The Morgan fingerprint density at radius 3 is 2.67 bits per heavy atom. The van der Waals surface area contributed by atoms with Gasteiger partial charge in [-0.2, -0.15) is 10.4 Å². The summed E-state index contributed by atoms with van der Waals surface area (Å²) in [5.41, 5.74) is 4.64. The summed E-state index contributed by atoms with van der Waals surface area (Å²) in [5.74, 6) is 0.636. The van der Waals surface area contributed by atoms with Crippen molar-refractivity contribution in [1.82, 2.24) is 15.0 Å². The van der Waals surface area contributed by atoms with E-state index in [-0.39, 0.29) is 5.03 Å². The molecule has 0 saturated heterocycles. The lowest BCUT2D eigenvalue weighted by atomic mass is 10.1. The minimum atomic E-state index is -4.09. The van der Waals surface area contributed by atoms with Crippen molar-refractivity contribution < 1.29 is 8.42 Å². The van der Waals surface area contributed by atoms with Crippen LogP contribution in [0.25, 0.3) is 11.3 Å². The third kappa shape index (κ3) is 4.13. The van der Waals surface area contributed by atoms with Gasteiger partial charge >= 0.3 is 0 Å². The molecule has 0 radical (unpaired) electrons. The highest BCUT2D eigenvalue weighted by Crippen LogP contribution is 2.21. The number of benzene rings is 1. The molecular weight excluding hydrogens is 364 g/mol. The van der Waals surface area contributed by atoms with Crippen LogP contribution in [-0.4, -0.2) is 28.4 Å². The van der Waals surface area contributed by atoms with Gasteiger partial charge in [0.2, 0.25) is 0 Å². The van der Waals surface area contributed by atoms with Gasteiger partial charge in [-0.1, -0.05) is 18.2 Å². The van der Waals surface area contributed by atoms with Gasteiger partial charge in [0.25, 0.3) is 14.9 Å². The van der Waals surface area contributed by atoms with Crippen molar-refractivity contribution >= 4 is 20.6 Å². The van der Waals surface area contributed by atoms with E-state index in [2.05, 4.69) is 25.5 Å². The molecule has 27 heavy (non-hydrogen) atoms. The van der Waals surface area contributed by atoms with Crippen molar-refractivity contribution in [3.05, 3.63) is 66.7 Å². The predicted molar refractivity (Wildman–Crippen MR) is 100 cm³/mol. The molecule has 2 aromatic heterocycles. The molecule has 8 nitrogen and oxygen atoms in total. The maximum absolute atomic E-state index is 12.4. The third-order valence-electron chi connectivity index (χ3n) is 3.48. The normalized spacial score (nSPS) is 11.6. The zero-order valence-electron chi connectivity index (χ0n) is 14.2. The van der Waals surface area contributed by atoms with Crippen LogP contribution in [0.15, 0.2) is 71.1 Å². The Morgan fingerprint density at radius 2 is 1.96 bits per heavy atom. The molecule has 0 aliphatic heterocycles. The molecule has 2 heterocycles. The third-order valence-corrected chi connectivity index (χ3v) is 4.97. The first kappa shape index (κ1) is 18.2. The standard InChI is InChI=1S/C18H14N6O2S/c1-13-20-10-8-16(22-13)14-5-4-6-15(11-14)23-24-18(12-19)27(25,26)17-7-2-3-9-21-17/h2-11,23H,1H3. The molecule has 0 unspecified atom stereocenters. The average Bonchev–Trinajstić information content (AvgIpc) is 2.69. The molecule has 0 aliphatic rings. The summed E-state index contributed by atoms with van der Waals surface area (Å²) in [7, 11) is -4.09. The van der Waals surface area contributed by atoms with Gasteiger partial charge in [0.1, 0.15) is 11.9 Å². The second-order valence-corrected chi connectivity index (χ2v) is 7.19. The quantitative estimate of drug-likeness (QED) is 0.421. The molecule has 134 valence electrons. The van der Waals surface area contributed by atoms with E-state index in [0.717, 1.165) is 11.3 Å². The minimum absolute atomic E-state index is 0.239. The zero-order valence-corrected chi connectivity index (χ0v) is 15.1. The van der Waals surface area contributed by atoms with Crippen LogP contribution in [-0.2, 0) is 9.84 Å². The number of sulfone groups is 1. The van der Waals surface area contributed by atoms with Gasteiger partial charge in [-0.3, -0.25) is 5.43 Å². The van der Waals surface area contributed by atoms with Crippen LogP contribution in [0.4, 0.5) is 5.69 Å². The number of aromatic nitrogens is 3. The molecule has 3 rings (SSSR count). The van der Waals surface area contributed by atoms with E-state index < -0.39 is 14.9 Å². The summed E-state index contributed by atoms with van der Waals surface area (Å²) < 4.78 is 24.9. The van der Waals surface area contributed by atoms with E-state index >= 15 is 0 Å². The van der Waals surface area contributed by atoms with Crippen LogP contribution in [0.1, 0.15) is 5.82 Å². The molecule has 0 aliphatic carbocycles. The van der Waals surface area contributed by atoms with Gasteiger partial charge in [0.05, 0.1) is 11.4 Å². The monoisotopic (exact) mass is 378 g/mol. The first-order valence-electron chi connectivity index (χ1n) is 7.81. The second-order valence-electron chi connectivity index (χ2n) is 5.38. The van der Waals surface area contributed by atoms with Crippen molar-refractivity contribution in [2.75, 3.05) is 5.43 Å². The molecule has 0 amide bonds.